The van der Waals surface area contributed by atoms with Gasteiger partial charge >= 0.3 is 0 Å². The van der Waals surface area contributed by atoms with Crippen molar-refractivity contribution in [2.75, 3.05) is 7.05 Å². The van der Waals surface area contributed by atoms with Gasteiger partial charge in [-0.2, -0.15) is 0 Å². The zero-order valence-corrected chi connectivity index (χ0v) is 15.1. The first-order chi connectivity index (χ1) is 13.8. The number of carbonyl (C=O) groups is 1. The van der Waals surface area contributed by atoms with E-state index in [9.17, 15) is 18.0 Å². The van der Waals surface area contributed by atoms with Crippen molar-refractivity contribution in [3.05, 3.63) is 77.8 Å². The number of benzene rings is 1. The van der Waals surface area contributed by atoms with Crippen molar-refractivity contribution in [2.45, 2.75) is 12.0 Å². The standard InChI is InChI=1S/C20H15F3N4O2/c1-27-18(28)20(26-19(27)24,13-4-6-25-16(9-13)17(22)23)12-2-3-15(21)14(8-12)11-5-7-29-10-11/h2-10,17H,1H3,(H2,24,26). The second-order valence-corrected chi connectivity index (χ2v) is 6.52. The van der Waals surface area contributed by atoms with Crippen molar-refractivity contribution in [3.8, 4) is 11.1 Å². The number of hydrogen-bond acceptors (Lipinski definition) is 5. The lowest BCUT2D eigenvalue weighted by Crippen LogP contribution is -2.41. The third-order valence-electron chi connectivity index (χ3n) is 4.88. The second-order valence-electron chi connectivity index (χ2n) is 6.52. The van der Waals surface area contributed by atoms with Gasteiger partial charge < -0.3 is 10.2 Å². The molecule has 148 valence electrons. The number of furan rings is 1. The summed E-state index contributed by atoms with van der Waals surface area (Å²) in [4.78, 5) is 22.3. The summed E-state index contributed by atoms with van der Waals surface area (Å²) in [5.41, 5.74) is 4.71. The van der Waals surface area contributed by atoms with Crippen LogP contribution in [0.1, 0.15) is 23.2 Å². The molecular formula is C20H15F3N4O2. The molecule has 1 aromatic carbocycles. The molecule has 1 amide bonds. The number of nitrogens with two attached hydrogens (primary N) is 1. The van der Waals surface area contributed by atoms with E-state index < -0.39 is 29.4 Å². The molecule has 0 saturated carbocycles. The van der Waals surface area contributed by atoms with Gasteiger partial charge in [-0.3, -0.25) is 14.7 Å². The van der Waals surface area contributed by atoms with Crippen molar-refractivity contribution in [1.29, 1.82) is 0 Å². The van der Waals surface area contributed by atoms with Crippen LogP contribution in [-0.2, 0) is 10.3 Å². The first kappa shape index (κ1) is 18.7. The van der Waals surface area contributed by atoms with Gasteiger partial charge in [0.25, 0.3) is 12.3 Å². The predicted molar refractivity (Wildman–Crippen MR) is 98.5 cm³/mol. The quantitative estimate of drug-likeness (QED) is 0.727. The second kappa shape index (κ2) is 6.77. The number of guanidine groups is 1. The van der Waals surface area contributed by atoms with Crippen LogP contribution in [0, 0.1) is 5.82 Å². The normalized spacial score (nSPS) is 19.1. The van der Waals surface area contributed by atoms with Crippen LogP contribution in [0.2, 0.25) is 0 Å². The van der Waals surface area contributed by atoms with Gasteiger partial charge in [-0.25, -0.2) is 18.2 Å². The molecule has 9 heteroatoms. The van der Waals surface area contributed by atoms with Crippen LogP contribution in [0.15, 0.2) is 64.5 Å². The zero-order valence-electron chi connectivity index (χ0n) is 15.1. The Hall–Kier alpha value is -3.62. The van der Waals surface area contributed by atoms with Crippen LogP contribution in [0.25, 0.3) is 11.1 Å². The Morgan fingerprint density at radius 1 is 1.17 bits per heavy atom. The van der Waals surface area contributed by atoms with Gasteiger partial charge in [-0.15, -0.1) is 0 Å². The molecule has 0 fully saturated rings. The highest BCUT2D eigenvalue weighted by Gasteiger charge is 2.50. The predicted octanol–water partition coefficient (Wildman–Crippen LogP) is 3.45. The molecule has 3 aromatic rings. The molecule has 1 aliphatic heterocycles. The van der Waals surface area contributed by atoms with Crippen LogP contribution < -0.4 is 5.73 Å². The molecule has 1 atom stereocenters. The van der Waals surface area contributed by atoms with Gasteiger partial charge in [0.05, 0.1) is 12.5 Å². The van der Waals surface area contributed by atoms with E-state index in [0.29, 0.717) is 5.56 Å². The van der Waals surface area contributed by atoms with Crippen molar-refractivity contribution >= 4 is 11.9 Å². The lowest BCUT2D eigenvalue weighted by atomic mass is 9.82. The molecule has 2 N–H and O–H groups in total. The van der Waals surface area contributed by atoms with Crippen LogP contribution >= 0.6 is 0 Å². The van der Waals surface area contributed by atoms with E-state index in [1.54, 1.807) is 6.07 Å². The van der Waals surface area contributed by atoms with E-state index in [1.165, 1.54) is 50.0 Å². The highest BCUT2D eigenvalue weighted by molar-refractivity contribution is 6.09. The third kappa shape index (κ3) is 2.86. The molecule has 1 unspecified atom stereocenters. The lowest BCUT2D eigenvalue weighted by Gasteiger charge is -2.26. The minimum atomic E-state index is -2.84. The van der Waals surface area contributed by atoms with Gasteiger partial charge in [-0.1, -0.05) is 6.07 Å². The average molecular weight is 400 g/mol. The van der Waals surface area contributed by atoms with Crippen LogP contribution in [0.3, 0.4) is 0 Å². The number of rotatable bonds is 4. The first-order valence-electron chi connectivity index (χ1n) is 8.55. The maximum atomic E-state index is 14.5. The highest BCUT2D eigenvalue weighted by atomic mass is 19.3. The van der Waals surface area contributed by atoms with E-state index >= 15 is 0 Å². The van der Waals surface area contributed by atoms with E-state index in [0.717, 1.165) is 11.0 Å². The molecule has 6 nitrogen and oxygen atoms in total. The third-order valence-corrected chi connectivity index (χ3v) is 4.88. The molecule has 0 aliphatic carbocycles. The van der Waals surface area contributed by atoms with E-state index in [4.69, 9.17) is 10.2 Å². The Labute approximate surface area is 163 Å². The number of amides is 1. The largest absolute Gasteiger partial charge is 0.472 e. The monoisotopic (exact) mass is 400 g/mol. The fourth-order valence-corrected chi connectivity index (χ4v) is 3.37. The van der Waals surface area contributed by atoms with Gasteiger partial charge in [0.15, 0.2) is 11.5 Å². The summed E-state index contributed by atoms with van der Waals surface area (Å²) in [7, 11) is 1.43. The SMILES string of the molecule is CN1C(=O)C(c2ccnc(C(F)F)c2)(c2ccc(F)c(-c3ccoc3)c2)N=C1N. The number of aromatic nitrogens is 1. The molecule has 0 radical (unpaired) electrons. The molecule has 1 aliphatic rings. The summed E-state index contributed by atoms with van der Waals surface area (Å²) in [6.07, 6.45) is 1.09. The number of pyridine rings is 1. The minimum Gasteiger partial charge on any atom is -0.472 e. The van der Waals surface area contributed by atoms with Crippen molar-refractivity contribution in [3.63, 3.8) is 0 Å². The molecule has 4 rings (SSSR count). The van der Waals surface area contributed by atoms with Crippen molar-refractivity contribution < 1.29 is 22.4 Å². The Balaban J connectivity index is 1.98. The summed E-state index contributed by atoms with van der Waals surface area (Å²) in [5.74, 6) is -1.17. The lowest BCUT2D eigenvalue weighted by molar-refractivity contribution is -0.129. The van der Waals surface area contributed by atoms with Crippen molar-refractivity contribution in [2.24, 2.45) is 10.7 Å². The minimum absolute atomic E-state index is 0.0837. The number of carbonyl (C=O) groups excluding carboxylic acids is 1. The van der Waals surface area contributed by atoms with Gasteiger partial charge in [0, 0.05) is 24.4 Å². The van der Waals surface area contributed by atoms with Crippen LogP contribution in [-0.4, -0.2) is 28.8 Å². The Morgan fingerprint density at radius 3 is 2.55 bits per heavy atom. The maximum absolute atomic E-state index is 14.5. The fraction of sp³-hybridized carbons (Fsp3) is 0.150. The molecule has 0 spiro atoms. The van der Waals surface area contributed by atoms with Gasteiger partial charge in [0.1, 0.15) is 11.5 Å². The zero-order chi connectivity index (χ0) is 20.8. The molecule has 0 bridgehead atoms. The Bertz CT molecular complexity index is 1110. The first-order valence-corrected chi connectivity index (χ1v) is 8.55. The highest BCUT2D eigenvalue weighted by Crippen LogP contribution is 2.41. The summed E-state index contributed by atoms with van der Waals surface area (Å²) in [6.45, 7) is 0. The van der Waals surface area contributed by atoms with E-state index in [1.807, 2.05) is 0 Å². The maximum Gasteiger partial charge on any atom is 0.280 e. The summed E-state index contributed by atoms with van der Waals surface area (Å²) in [5, 5.41) is 0. The van der Waals surface area contributed by atoms with Crippen LogP contribution in [0.4, 0.5) is 13.2 Å². The fourth-order valence-electron chi connectivity index (χ4n) is 3.37. The number of aliphatic imine (C=N–C) groups is 1. The van der Waals surface area contributed by atoms with Crippen molar-refractivity contribution in [1.82, 2.24) is 9.88 Å². The molecule has 29 heavy (non-hydrogen) atoms. The average Bonchev–Trinajstić information content (AvgIpc) is 3.32. The topological polar surface area (TPSA) is 84.7 Å². The Morgan fingerprint density at radius 2 is 1.93 bits per heavy atom. The van der Waals surface area contributed by atoms with Gasteiger partial charge in [0.2, 0.25) is 0 Å². The van der Waals surface area contributed by atoms with Crippen LogP contribution in [0.5, 0.6) is 0 Å². The number of halogens is 3. The molecule has 2 aromatic heterocycles. The molecule has 0 saturated heterocycles. The Kier molecular flexibility index (Phi) is 4.37. The van der Waals surface area contributed by atoms with E-state index in [2.05, 4.69) is 9.98 Å². The molecular weight excluding hydrogens is 385 g/mol. The number of nitrogens with zero attached hydrogens (tertiary/aromatic N) is 3. The van der Waals surface area contributed by atoms with Gasteiger partial charge in [-0.05, 0) is 41.5 Å². The number of likely N-dealkylation sites (N-methyl/N-ethyl adjacent to an activating group) is 1. The summed E-state index contributed by atoms with van der Waals surface area (Å²) in [6, 6.07) is 8.11. The smallest absolute Gasteiger partial charge is 0.280 e. The number of hydrogen-bond donors (Lipinski definition) is 1. The summed E-state index contributed by atoms with van der Waals surface area (Å²) >= 11 is 0. The summed E-state index contributed by atoms with van der Waals surface area (Å²) < 4.78 is 45.9. The molecule has 3 heterocycles. The number of alkyl halides is 2. The van der Waals surface area contributed by atoms with E-state index in [-0.39, 0.29) is 22.6 Å².